The summed E-state index contributed by atoms with van der Waals surface area (Å²) in [4.78, 5) is 36.3. The predicted octanol–water partition coefficient (Wildman–Crippen LogP) is 4.54. The number of methoxy groups -OCH3 is 1. The van der Waals surface area contributed by atoms with E-state index in [9.17, 15) is 9.59 Å². The minimum absolute atomic E-state index is 0.113. The highest BCUT2D eigenvalue weighted by molar-refractivity contribution is 6.39. The molecule has 1 aliphatic rings. The van der Waals surface area contributed by atoms with Crippen LogP contribution in [0.1, 0.15) is 27.6 Å². The fourth-order valence-corrected chi connectivity index (χ4v) is 5.74. The Morgan fingerprint density at radius 2 is 1.70 bits per heavy atom. The third-order valence-electron chi connectivity index (χ3n) is 7.47. The van der Waals surface area contributed by atoms with Crippen LogP contribution in [0, 0.1) is 0 Å². The number of benzene rings is 2. The van der Waals surface area contributed by atoms with Crippen molar-refractivity contribution >= 4 is 40.7 Å². The second-order valence-electron chi connectivity index (χ2n) is 10.3. The number of pyridine rings is 1. The molecule has 224 valence electrons. The lowest BCUT2D eigenvalue weighted by molar-refractivity contribution is -0.119. The summed E-state index contributed by atoms with van der Waals surface area (Å²) in [5.41, 5.74) is 5.90. The Morgan fingerprint density at radius 3 is 2.44 bits per heavy atom. The number of hydrogen-bond acceptors (Lipinski definition) is 7. The molecule has 0 saturated heterocycles. The quantitative estimate of drug-likeness (QED) is 0.251. The maximum Gasteiger partial charge on any atom is 0.291 e. The van der Waals surface area contributed by atoms with Crippen LogP contribution < -0.4 is 20.7 Å². The number of aromatic nitrogens is 3. The maximum absolute atomic E-state index is 13.3. The molecule has 2 aromatic carbocycles. The van der Waals surface area contributed by atoms with Crippen LogP contribution in [-0.2, 0) is 31.4 Å². The van der Waals surface area contributed by atoms with Crippen LogP contribution in [0.4, 0.5) is 5.69 Å². The van der Waals surface area contributed by atoms with E-state index < -0.39 is 0 Å². The van der Waals surface area contributed by atoms with E-state index in [0.717, 1.165) is 29.9 Å². The fraction of sp³-hybridized carbons (Fsp3) is 0.290. The van der Waals surface area contributed by atoms with Gasteiger partial charge in [0.25, 0.3) is 5.91 Å². The van der Waals surface area contributed by atoms with Crippen molar-refractivity contribution in [1.82, 2.24) is 30.1 Å². The zero-order valence-corrected chi connectivity index (χ0v) is 25.9. The van der Waals surface area contributed by atoms with Crippen molar-refractivity contribution in [2.75, 3.05) is 39.6 Å². The molecule has 0 saturated carbocycles. The maximum atomic E-state index is 13.3. The van der Waals surface area contributed by atoms with Crippen LogP contribution in [0.2, 0.25) is 10.0 Å². The van der Waals surface area contributed by atoms with Crippen molar-refractivity contribution < 1.29 is 14.3 Å². The van der Waals surface area contributed by atoms with Crippen LogP contribution in [-0.4, -0.2) is 65.5 Å². The van der Waals surface area contributed by atoms with Crippen molar-refractivity contribution in [3.63, 3.8) is 0 Å². The van der Waals surface area contributed by atoms with Gasteiger partial charge in [-0.25, -0.2) is 9.97 Å². The van der Waals surface area contributed by atoms with Gasteiger partial charge in [-0.2, -0.15) is 0 Å². The molecule has 3 heterocycles. The molecule has 2 aromatic heterocycles. The van der Waals surface area contributed by atoms with Crippen LogP contribution in [0.25, 0.3) is 22.4 Å². The SMILES string of the molecule is CNC(=O)CNCc1ccc(-c2cccc(-c3cccc(NC(=O)c4nc5c(n4C)CCN(C)C5)c3Cl)c2Cl)nc1OC. The Hall–Kier alpha value is -3.96. The van der Waals surface area contributed by atoms with Gasteiger partial charge in [0.15, 0.2) is 5.82 Å². The highest BCUT2D eigenvalue weighted by Crippen LogP contribution is 2.41. The molecule has 0 bridgehead atoms. The third-order valence-corrected chi connectivity index (χ3v) is 8.29. The Morgan fingerprint density at radius 1 is 0.977 bits per heavy atom. The molecule has 3 N–H and O–H groups in total. The van der Waals surface area contributed by atoms with E-state index in [1.807, 2.05) is 61.1 Å². The molecule has 0 radical (unpaired) electrons. The second-order valence-corrected chi connectivity index (χ2v) is 11.1. The van der Waals surface area contributed by atoms with Crippen LogP contribution in [0.5, 0.6) is 5.88 Å². The summed E-state index contributed by atoms with van der Waals surface area (Å²) in [7, 11) is 7.04. The number of fused-ring (bicyclic) bond motifs is 1. The summed E-state index contributed by atoms with van der Waals surface area (Å²) in [6.07, 6.45) is 0.839. The van der Waals surface area contributed by atoms with Crippen molar-refractivity contribution in [1.29, 1.82) is 0 Å². The van der Waals surface area contributed by atoms with E-state index in [1.54, 1.807) is 20.2 Å². The van der Waals surface area contributed by atoms with Crippen molar-refractivity contribution in [3.8, 4) is 28.3 Å². The number of hydrogen-bond donors (Lipinski definition) is 3. The van der Waals surface area contributed by atoms with Gasteiger partial charge < -0.3 is 30.2 Å². The van der Waals surface area contributed by atoms with Gasteiger partial charge >= 0.3 is 0 Å². The number of nitrogens with zero attached hydrogens (tertiary/aromatic N) is 4. The van der Waals surface area contributed by atoms with Crippen molar-refractivity contribution in [3.05, 3.63) is 81.4 Å². The lowest BCUT2D eigenvalue weighted by Gasteiger charge is -2.21. The number of amides is 2. The minimum Gasteiger partial charge on any atom is -0.481 e. The normalized spacial score (nSPS) is 13.0. The van der Waals surface area contributed by atoms with Gasteiger partial charge in [-0.05, 0) is 19.2 Å². The minimum atomic E-state index is -0.334. The first-order valence-corrected chi connectivity index (χ1v) is 14.5. The Balaban J connectivity index is 1.41. The summed E-state index contributed by atoms with van der Waals surface area (Å²) in [6, 6.07) is 14.8. The molecule has 43 heavy (non-hydrogen) atoms. The van der Waals surface area contributed by atoms with Gasteiger partial charge in [0.1, 0.15) is 0 Å². The van der Waals surface area contributed by atoms with Crippen LogP contribution in [0.15, 0.2) is 48.5 Å². The number of anilines is 1. The third kappa shape index (κ3) is 6.37. The van der Waals surface area contributed by atoms with Gasteiger partial charge in [0, 0.05) is 68.1 Å². The average molecular weight is 623 g/mol. The summed E-state index contributed by atoms with van der Waals surface area (Å²) in [5, 5.41) is 9.40. The number of ether oxygens (including phenoxy) is 1. The molecule has 0 spiro atoms. The molecule has 2 amide bonds. The molecule has 0 fully saturated rings. The van der Waals surface area contributed by atoms with E-state index in [4.69, 9.17) is 27.9 Å². The van der Waals surface area contributed by atoms with Crippen LogP contribution >= 0.6 is 23.2 Å². The standard InChI is InChI=1S/C31H33Cl2N7O3/c1-34-26(41)16-35-15-18-11-12-22(38-31(18)43-4)21-9-5-7-19(27(21)32)20-8-6-10-23(28(20)33)37-30(42)29-36-24-17-39(2)14-13-25(24)40(29)3/h5-12,35H,13-17H2,1-4H3,(H,34,41)(H,37,42). The smallest absolute Gasteiger partial charge is 0.291 e. The van der Waals surface area contributed by atoms with Gasteiger partial charge in [-0.15, -0.1) is 0 Å². The largest absolute Gasteiger partial charge is 0.481 e. The first kappa shape index (κ1) is 30.5. The molecule has 5 rings (SSSR count). The van der Waals surface area contributed by atoms with E-state index in [1.165, 1.54) is 0 Å². The van der Waals surface area contributed by atoms with E-state index in [2.05, 4.69) is 30.8 Å². The molecule has 0 unspecified atom stereocenters. The molecule has 1 aliphatic heterocycles. The number of carbonyl (C=O) groups is 2. The number of nitrogens with one attached hydrogen (secondary N) is 3. The van der Waals surface area contributed by atoms with E-state index in [-0.39, 0.29) is 18.4 Å². The number of rotatable bonds is 9. The summed E-state index contributed by atoms with van der Waals surface area (Å²) < 4.78 is 7.39. The molecule has 0 aliphatic carbocycles. The predicted molar refractivity (Wildman–Crippen MR) is 169 cm³/mol. The molecule has 0 atom stereocenters. The highest BCUT2D eigenvalue weighted by Gasteiger charge is 2.25. The Bertz CT molecular complexity index is 1690. The van der Waals surface area contributed by atoms with E-state index >= 15 is 0 Å². The zero-order valence-electron chi connectivity index (χ0n) is 24.4. The van der Waals surface area contributed by atoms with Gasteiger partial charge in [0.05, 0.1) is 40.8 Å². The number of halogens is 2. The highest BCUT2D eigenvalue weighted by atomic mass is 35.5. The number of carbonyl (C=O) groups excluding carboxylic acids is 2. The molecule has 10 nitrogen and oxygen atoms in total. The molecule has 12 heteroatoms. The second kappa shape index (κ2) is 13.1. The Labute approximate surface area is 260 Å². The monoisotopic (exact) mass is 621 g/mol. The Kier molecular flexibility index (Phi) is 9.31. The van der Waals surface area contributed by atoms with Crippen molar-refractivity contribution in [2.24, 2.45) is 7.05 Å². The topological polar surface area (TPSA) is 113 Å². The lowest BCUT2D eigenvalue weighted by atomic mass is 10.00. The summed E-state index contributed by atoms with van der Waals surface area (Å²) in [5.74, 6) is 0.320. The van der Waals surface area contributed by atoms with Gasteiger partial charge in [-0.3, -0.25) is 9.59 Å². The van der Waals surface area contributed by atoms with Gasteiger partial charge in [0.2, 0.25) is 11.8 Å². The first-order valence-electron chi connectivity index (χ1n) is 13.8. The lowest BCUT2D eigenvalue weighted by Crippen LogP contribution is -2.31. The summed E-state index contributed by atoms with van der Waals surface area (Å²) >= 11 is 13.8. The zero-order chi connectivity index (χ0) is 30.7. The number of imidazole rings is 1. The molecular weight excluding hydrogens is 589 g/mol. The fourth-order valence-electron chi connectivity index (χ4n) is 5.14. The first-order chi connectivity index (χ1) is 20.7. The number of likely N-dealkylation sites (N-methyl/N-ethyl adjacent to an activating group) is 2. The molecular formula is C31H33Cl2N7O3. The van der Waals surface area contributed by atoms with Crippen LogP contribution in [0.3, 0.4) is 0 Å². The van der Waals surface area contributed by atoms with E-state index in [0.29, 0.717) is 62.9 Å². The van der Waals surface area contributed by atoms with Crippen molar-refractivity contribution in [2.45, 2.75) is 19.5 Å². The summed E-state index contributed by atoms with van der Waals surface area (Å²) in [6.45, 7) is 2.21. The van der Waals surface area contributed by atoms with Gasteiger partial charge in [-0.1, -0.05) is 59.6 Å². The molecule has 4 aromatic rings. The average Bonchev–Trinajstić information content (AvgIpc) is 3.33.